The Kier molecular flexibility index (Phi) is 25.3. The number of methoxy groups -OCH3 is 3. The number of esters is 3. The van der Waals surface area contributed by atoms with Crippen LogP contribution in [0.4, 0.5) is 21.0 Å². The molecule has 0 amide bonds. The zero-order chi connectivity index (χ0) is 64.9. The van der Waals surface area contributed by atoms with Crippen molar-refractivity contribution in [3.63, 3.8) is 0 Å². The first-order valence-electron chi connectivity index (χ1n) is 25.5. The first-order chi connectivity index (χ1) is 41.5. The standard InChI is InChI=1S/C16H17N3O6.C12H9N3O3.C11H9N3O2.C9H14BNO4.C7H5ClN2O4.Al.Li.4H/c1-16(2,3)25-15(21)18-7-5-6-11(18)13-12(19(22)23)8-10(9-17-13)14(20)24-4;1-18-11(16)7-5-8-10(13-6-7)9-3-2-4-15(9)12(17)14-8;15-6-7-4-8-10(12-5-7)9-2-1-3-14(9)11(16)13-8;1-9(2,3)15-8(12)11-6-4-5-7(11)10(13)14;1-14-7(11)4-2-5(10(12)13)6(8)9-3-4;;;;;;/h5-9H,1-4H3;2-6H,1H3,(H,14,17);1-5,15H,6H2,(H,13,16);4-6,13-14H,1-3H3;2-3H,1H3;;;;;;/q;;;;;;+1;;;;-1. The number of ether oxygens (including phenoxy) is 5. The van der Waals surface area contributed by atoms with E-state index in [2.05, 4.69) is 44.1 Å². The third-order valence-electron chi connectivity index (χ3n) is 11.5. The molecular formula is C55H58AlBClLiN12O19. The van der Waals surface area contributed by atoms with Crippen LogP contribution in [0.1, 0.15) is 79.6 Å². The summed E-state index contributed by atoms with van der Waals surface area (Å²) < 4.78 is 29.0. The number of rotatable bonds is 8. The van der Waals surface area contributed by atoms with Gasteiger partial charge in [-0.25, -0.2) is 43.5 Å². The van der Waals surface area contributed by atoms with E-state index in [9.17, 15) is 53.8 Å². The fourth-order valence-corrected chi connectivity index (χ4v) is 7.85. The van der Waals surface area contributed by atoms with Crippen molar-refractivity contribution in [2.75, 3.05) is 21.3 Å². The average molecular weight is 1270 g/mol. The number of nitro groups is 2. The monoisotopic (exact) mass is 1270 g/mol. The van der Waals surface area contributed by atoms with Crippen molar-refractivity contribution in [3.05, 3.63) is 191 Å². The van der Waals surface area contributed by atoms with Crippen LogP contribution in [0.2, 0.25) is 5.15 Å². The second kappa shape index (κ2) is 31.4. The quantitative estimate of drug-likeness (QED) is 0.0362. The summed E-state index contributed by atoms with van der Waals surface area (Å²) in [6, 6.07) is 18.6. The van der Waals surface area contributed by atoms with E-state index in [1.807, 2.05) is 6.07 Å². The van der Waals surface area contributed by atoms with Gasteiger partial charge in [0.1, 0.15) is 22.2 Å². The van der Waals surface area contributed by atoms with Crippen LogP contribution in [0.3, 0.4) is 0 Å². The van der Waals surface area contributed by atoms with Crippen LogP contribution in [-0.4, -0.2) is 160 Å². The Morgan fingerprint density at radius 3 is 1.52 bits per heavy atom. The van der Waals surface area contributed by atoms with Crippen LogP contribution in [0.25, 0.3) is 44.5 Å². The molecule has 0 aliphatic heterocycles. The molecule has 0 saturated heterocycles. The maximum atomic E-state index is 12.3. The molecule has 0 aliphatic rings. The summed E-state index contributed by atoms with van der Waals surface area (Å²) in [7, 11) is 1.94. The van der Waals surface area contributed by atoms with Crippen LogP contribution >= 0.6 is 11.6 Å². The van der Waals surface area contributed by atoms with E-state index in [1.54, 1.807) is 103 Å². The zero-order valence-corrected chi connectivity index (χ0v) is 49.8. The zero-order valence-electron chi connectivity index (χ0n) is 50.1. The summed E-state index contributed by atoms with van der Waals surface area (Å²) in [4.78, 5) is 123. The van der Waals surface area contributed by atoms with Gasteiger partial charge in [-0.1, -0.05) is 11.6 Å². The number of nitrogens with one attached hydrogen (secondary N) is 2. The van der Waals surface area contributed by atoms with Crippen LogP contribution in [0, 0.1) is 20.2 Å². The minimum absolute atomic E-state index is 0. The van der Waals surface area contributed by atoms with Gasteiger partial charge in [0.05, 0.1) is 87.8 Å². The summed E-state index contributed by atoms with van der Waals surface area (Å²) >= 11 is 5.43. The summed E-state index contributed by atoms with van der Waals surface area (Å²) in [6.45, 7) is 10.3. The first-order valence-corrected chi connectivity index (χ1v) is 25.8. The predicted molar refractivity (Wildman–Crippen MR) is 325 cm³/mol. The van der Waals surface area contributed by atoms with Gasteiger partial charge in [-0.15, -0.1) is 0 Å². The molecule has 10 aromatic rings. The topological polar surface area (TPSA) is 414 Å². The number of aromatic nitrogens is 10. The van der Waals surface area contributed by atoms with E-state index in [4.69, 9.17) is 36.2 Å². The predicted octanol–water partition coefficient (Wildman–Crippen LogP) is 1.97. The van der Waals surface area contributed by atoms with Crippen molar-refractivity contribution >= 4 is 116 Å². The molecular weight excluding hydrogens is 1210 g/mol. The van der Waals surface area contributed by atoms with Crippen LogP contribution in [0.5, 0.6) is 0 Å². The number of nitrogens with zero attached hydrogens (tertiary/aromatic N) is 10. The van der Waals surface area contributed by atoms with Crippen LogP contribution in [-0.2, 0) is 30.3 Å². The molecule has 31 nitrogen and oxygen atoms in total. The maximum Gasteiger partial charge on any atom is 1.00 e. The molecule has 0 atom stereocenters. The Morgan fingerprint density at radius 1 is 0.622 bits per heavy atom. The first kappa shape index (κ1) is 72.6. The molecule has 35 heteroatoms. The van der Waals surface area contributed by atoms with Gasteiger partial charge in [-0.2, -0.15) is 0 Å². The Morgan fingerprint density at radius 2 is 1.04 bits per heavy atom. The Balaban J connectivity index is 0.000000299. The Hall–Kier alpha value is -9.83. The maximum absolute atomic E-state index is 12.3. The van der Waals surface area contributed by atoms with Gasteiger partial charge in [0.2, 0.25) is 5.15 Å². The van der Waals surface area contributed by atoms with Crippen molar-refractivity contribution in [1.82, 2.24) is 47.8 Å². The summed E-state index contributed by atoms with van der Waals surface area (Å²) in [5, 5.41) is 48.5. The van der Waals surface area contributed by atoms with Crippen molar-refractivity contribution in [1.29, 1.82) is 0 Å². The minimum Gasteiger partial charge on any atom is -1.00 e. The van der Waals surface area contributed by atoms with Crippen molar-refractivity contribution in [3.8, 4) is 11.4 Å². The average Bonchev–Trinajstić information content (AvgIpc) is 1.93. The molecule has 0 unspecified atom stereocenters. The molecule has 0 spiro atoms. The van der Waals surface area contributed by atoms with Gasteiger partial charge >= 0.3 is 73.1 Å². The Bertz CT molecular complexity index is 4410. The number of fused-ring (bicyclic) bond motifs is 6. The number of aliphatic hydroxyl groups is 1. The van der Waals surface area contributed by atoms with E-state index < -0.39 is 69.6 Å². The van der Waals surface area contributed by atoms with E-state index in [0.29, 0.717) is 33.2 Å². The van der Waals surface area contributed by atoms with E-state index >= 15 is 0 Å². The van der Waals surface area contributed by atoms with Gasteiger partial charge in [0.25, 0.3) is 5.69 Å². The van der Waals surface area contributed by atoms with Crippen LogP contribution < -0.4 is 35.8 Å². The SMILES string of the molecule is CC(C)(C)OC(=O)n1cccc1B(O)O.COC(=O)c1cnc(-c2cccn2C(=O)OC(C)(C)C)c([N+](=O)[O-])c1.COC(=O)c1cnc(Cl)c([N+](=O)[O-])c1.COC(=O)c1cnc2c(c1)[nH]c(=O)n1cccc21.O=c1[nH]c2cc(CO)cnc2c2cccn12.[AlH3].[H-].[Li+]. The molecule has 0 fully saturated rings. The normalized spacial score (nSPS) is 10.6. The smallest absolute Gasteiger partial charge is 1.00 e. The fourth-order valence-electron chi connectivity index (χ4n) is 7.68. The molecule has 10 heterocycles. The molecule has 0 saturated carbocycles. The van der Waals surface area contributed by atoms with Crippen molar-refractivity contribution < 1.29 is 92.9 Å². The number of hydrogen-bond donors (Lipinski definition) is 5. The number of carbonyl (C=O) groups excluding carboxylic acids is 5. The Labute approximate surface area is 537 Å². The van der Waals surface area contributed by atoms with Crippen molar-refractivity contribution in [2.45, 2.75) is 59.4 Å². The molecule has 0 aromatic carbocycles. The number of aromatic amines is 2. The molecule has 0 aliphatic carbocycles. The summed E-state index contributed by atoms with van der Waals surface area (Å²) in [5.41, 5.74) is 2.42. The largest absolute Gasteiger partial charge is 1.00 e. The third kappa shape index (κ3) is 18.1. The molecule has 0 bridgehead atoms. The van der Waals surface area contributed by atoms with Crippen LogP contribution in [0.15, 0.2) is 132 Å². The summed E-state index contributed by atoms with van der Waals surface area (Å²) in [5.74, 6) is -1.93. The van der Waals surface area contributed by atoms with Gasteiger partial charge in [-0.3, -0.25) is 48.1 Å². The number of carbonyl (C=O) groups is 5. The second-order valence-electron chi connectivity index (χ2n) is 19.9. The number of H-pyrrole nitrogens is 2. The molecule has 10 rings (SSSR count). The molecule has 0 radical (unpaired) electrons. The second-order valence-corrected chi connectivity index (χ2v) is 20.3. The minimum atomic E-state index is -1.69. The van der Waals surface area contributed by atoms with E-state index in [0.717, 1.165) is 51.8 Å². The van der Waals surface area contributed by atoms with Gasteiger partial charge in [0.15, 0.2) is 23.1 Å². The third-order valence-corrected chi connectivity index (χ3v) is 11.8. The molecule has 10 aromatic heterocycles. The fraction of sp³-hybridized carbons (Fsp3) is 0.218. The van der Waals surface area contributed by atoms with Gasteiger partial charge in [0, 0.05) is 61.7 Å². The summed E-state index contributed by atoms with van der Waals surface area (Å²) in [6.07, 6.45) is 10.2. The van der Waals surface area contributed by atoms with Gasteiger partial charge < -0.3 is 50.2 Å². The number of hydrogen-bond acceptors (Lipinski definition) is 23. The van der Waals surface area contributed by atoms with Crippen molar-refractivity contribution in [2.24, 2.45) is 0 Å². The molecule has 466 valence electrons. The van der Waals surface area contributed by atoms with E-state index in [1.165, 1.54) is 53.7 Å². The molecule has 5 N–H and O–H groups in total. The number of aliphatic hydroxyl groups excluding tert-OH is 1. The number of halogens is 1. The van der Waals surface area contributed by atoms with Gasteiger partial charge in [-0.05, 0) is 108 Å². The van der Waals surface area contributed by atoms with E-state index in [-0.39, 0.29) is 88.9 Å². The number of pyridine rings is 4. The molecule has 90 heavy (non-hydrogen) atoms.